The predicted octanol–water partition coefficient (Wildman–Crippen LogP) is 5.98. The number of anilines is 1. The number of benzene rings is 4. The van der Waals surface area contributed by atoms with Crippen molar-refractivity contribution in [3.63, 3.8) is 0 Å². The number of carbonyl (C=O) groups is 2. The highest BCUT2D eigenvalue weighted by molar-refractivity contribution is 7.92. The Morgan fingerprint density at radius 1 is 0.804 bits per heavy atom. The van der Waals surface area contributed by atoms with Gasteiger partial charge in [-0.15, -0.1) is 0 Å². The van der Waals surface area contributed by atoms with Crippen molar-refractivity contribution >= 4 is 27.5 Å². The number of ether oxygens (including phenoxy) is 1. The molecule has 0 radical (unpaired) electrons. The van der Waals surface area contributed by atoms with Crippen molar-refractivity contribution < 1.29 is 22.7 Å². The number of sulfonamides is 1. The highest BCUT2D eigenvalue weighted by Crippen LogP contribution is 2.34. The minimum Gasteiger partial charge on any atom is -0.495 e. The number of aryl methyl sites for hydroxylation is 3. The van der Waals surface area contributed by atoms with E-state index in [0.717, 1.165) is 38.5 Å². The molecule has 1 N–H and O–H groups in total. The fourth-order valence-corrected chi connectivity index (χ4v) is 6.57. The highest BCUT2D eigenvalue weighted by Gasteiger charge is 2.35. The molecule has 4 aromatic rings. The topological polar surface area (TPSA) is 96.0 Å². The number of amides is 2. The average molecular weight is 642 g/mol. The standard InChI is InChI=1S/C37H43N3O5S/c1-6-22-38-37(42)34(24-30-10-8-7-9-11-30)39(25-31-17-12-27(2)13-18-31)36(41)26-40(33-23-29(4)16-21-35(33)45-5)46(43,44)32-19-14-28(3)15-20-32/h7-21,23,34H,6,22,24-26H2,1-5H3,(H,38,42)/t34-/m1/s1. The maximum Gasteiger partial charge on any atom is 0.264 e. The van der Waals surface area contributed by atoms with Crippen LogP contribution in [0.25, 0.3) is 0 Å². The Morgan fingerprint density at radius 3 is 2.02 bits per heavy atom. The first-order chi connectivity index (χ1) is 22.0. The molecule has 0 fully saturated rings. The number of nitrogens with zero attached hydrogens (tertiary/aromatic N) is 2. The monoisotopic (exact) mass is 641 g/mol. The lowest BCUT2D eigenvalue weighted by Gasteiger charge is -2.34. The van der Waals surface area contributed by atoms with E-state index in [0.29, 0.717) is 12.3 Å². The molecule has 0 saturated carbocycles. The minimum atomic E-state index is -4.24. The third-order valence-electron chi connectivity index (χ3n) is 7.78. The first kappa shape index (κ1) is 34.2. The molecule has 4 aromatic carbocycles. The molecule has 9 heteroatoms. The van der Waals surface area contributed by atoms with Gasteiger partial charge in [0.1, 0.15) is 18.3 Å². The summed E-state index contributed by atoms with van der Waals surface area (Å²) in [5.41, 5.74) is 4.70. The van der Waals surface area contributed by atoms with Crippen LogP contribution in [0.2, 0.25) is 0 Å². The summed E-state index contributed by atoms with van der Waals surface area (Å²) in [4.78, 5) is 30.0. The van der Waals surface area contributed by atoms with Gasteiger partial charge in [-0.2, -0.15) is 0 Å². The summed E-state index contributed by atoms with van der Waals surface area (Å²) < 4.78 is 35.4. The summed E-state index contributed by atoms with van der Waals surface area (Å²) in [5, 5.41) is 2.97. The van der Waals surface area contributed by atoms with Crippen molar-refractivity contribution in [1.82, 2.24) is 10.2 Å². The second-order valence-corrected chi connectivity index (χ2v) is 13.4. The van der Waals surface area contributed by atoms with E-state index in [-0.39, 0.29) is 29.5 Å². The lowest BCUT2D eigenvalue weighted by atomic mass is 10.0. The maximum absolute atomic E-state index is 14.6. The first-order valence-electron chi connectivity index (χ1n) is 15.4. The Balaban J connectivity index is 1.84. The van der Waals surface area contributed by atoms with Crippen LogP contribution in [0.3, 0.4) is 0 Å². The summed E-state index contributed by atoms with van der Waals surface area (Å²) in [5.74, 6) is -0.514. The van der Waals surface area contributed by atoms with E-state index < -0.39 is 28.5 Å². The van der Waals surface area contributed by atoms with E-state index in [2.05, 4.69) is 5.32 Å². The Labute approximate surface area is 273 Å². The molecule has 0 heterocycles. The van der Waals surface area contributed by atoms with E-state index in [1.165, 1.54) is 24.1 Å². The van der Waals surface area contributed by atoms with Gasteiger partial charge in [0.2, 0.25) is 11.8 Å². The number of methoxy groups -OCH3 is 1. The van der Waals surface area contributed by atoms with Crippen LogP contribution in [0.1, 0.15) is 41.2 Å². The van der Waals surface area contributed by atoms with Crippen LogP contribution >= 0.6 is 0 Å². The van der Waals surface area contributed by atoms with Gasteiger partial charge in [0.25, 0.3) is 10.0 Å². The van der Waals surface area contributed by atoms with Gasteiger partial charge in [0.05, 0.1) is 17.7 Å². The van der Waals surface area contributed by atoms with E-state index in [4.69, 9.17) is 4.74 Å². The van der Waals surface area contributed by atoms with Crippen LogP contribution in [0, 0.1) is 20.8 Å². The SMILES string of the molecule is CCCNC(=O)[C@@H](Cc1ccccc1)N(Cc1ccc(C)cc1)C(=O)CN(c1cc(C)ccc1OC)S(=O)(=O)c1ccc(C)cc1. The Kier molecular flexibility index (Phi) is 11.6. The number of hydrogen-bond donors (Lipinski definition) is 1. The van der Waals surface area contributed by atoms with Crippen molar-refractivity contribution in [2.75, 3.05) is 24.5 Å². The molecule has 46 heavy (non-hydrogen) atoms. The molecular weight excluding hydrogens is 598 g/mol. The third kappa shape index (κ3) is 8.54. The molecule has 0 unspecified atom stereocenters. The molecule has 0 saturated heterocycles. The van der Waals surface area contributed by atoms with Crippen LogP contribution in [-0.2, 0) is 32.6 Å². The molecule has 0 aliphatic rings. The number of carbonyl (C=O) groups excluding carboxylic acids is 2. The van der Waals surface area contributed by atoms with Gasteiger partial charge in [-0.05, 0) is 68.1 Å². The molecule has 0 spiro atoms. The smallest absolute Gasteiger partial charge is 0.264 e. The van der Waals surface area contributed by atoms with Crippen LogP contribution in [0.5, 0.6) is 5.75 Å². The summed E-state index contributed by atoms with van der Waals surface area (Å²) in [7, 11) is -2.78. The summed E-state index contributed by atoms with van der Waals surface area (Å²) in [6, 6.07) is 28.1. The van der Waals surface area contributed by atoms with Gasteiger partial charge in [0.15, 0.2) is 0 Å². The van der Waals surface area contributed by atoms with Crippen LogP contribution < -0.4 is 14.4 Å². The molecule has 0 aliphatic carbocycles. The molecular formula is C37H43N3O5S. The van der Waals surface area contributed by atoms with Crippen LogP contribution in [-0.4, -0.2) is 51.4 Å². The Hall–Kier alpha value is -4.63. The summed E-state index contributed by atoms with van der Waals surface area (Å²) in [6.45, 7) is 7.68. The fourth-order valence-electron chi connectivity index (χ4n) is 5.16. The molecule has 0 aliphatic heterocycles. The van der Waals surface area contributed by atoms with E-state index in [9.17, 15) is 18.0 Å². The van der Waals surface area contributed by atoms with Crippen molar-refractivity contribution in [3.8, 4) is 5.75 Å². The predicted molar refractivity (Wildman–Crippen MR) is 182 cm³/mol. The lowest BCUT2D eigenvalue weighted by Crippen LogP contribution is -2.53. The summed E-state index contributed by atoms with van der Waals surface area (Å²) >= 11 is 0. The third-order valence-corrected chi connectivity index (χ3v) is 9.56. The van der Waals surface area contributed by atoms with Gasteiger partial charge in [-0.1, -0.05) is 90.8 Å². The number of rotatable bonds is 14. The zero-order valence-corrected chi connectivity index (χ0v) is 28.0. The van der Waals surface area contributed by atoms with Crippen molar-refractivity contribution in [3.05, 3.63) is 125 Å². The van der Waals surface area contributed by atoms with E-state index >= 15 is 0 Å². The molecule has 4 rings (SSSR count). The second kappa shape index (κ2) is 15.6. The number of hydrogen-bond acceptors (Lipinski definition) is 5. The van der Waals surface area contributed by atoms with Gasteiger partial charge in [-0.25, -0.2) is 8.42 Å². The zero-order valence-electron chi connectivity index (χ0n) is 27.2. The Morgan fingerprint density at radius 2 is 1.41 bits per heavy atom. The minimum absolute atomic E-state index is 0.0427. The molecule has 0 aromatic heterocycles. The largest absolute Gasteiger partial charge is 0.495 e. The molecule has 0 bridgehead atoms. The molecule has 8 nitrogen and oxygen atoms in total. The van der Waals surface area contributed by atoms with Gasteiger partial charge in [-0.3, -0.25) is 13.9 Å². The lowest BCUT2D eigenvalue weighted by molar-refractivity contribution is -0.140. The van der Waals surface area contributed by atoms with Gasteiger partial charge >= 0.3 is 0 Å². The normalized spacial score (nSPS) is 11.8. The van der Waals surface area contributed by atoms with Crippen molar-refractivity contribution in [1.29, 1.82) is 0 Å². The summed E-state index contributed by atoms with van der Waals surface area (Å²) in [6.07, 6.45) is 0.984. The average Bonchev–Trinajstić information content (AvgIpc) is 3.05. The molecule has 242 valence electrons. The van der Waals surface area contributed by atoms with Gasteiger partial charge in [0, 0.05) is 19.5 Å². The molecule has 1 atom stereocenters. The Bertz CT molecular complexity index is 1720. The fraction of sp³-hybridized carbons (Fsp3) is 0.297. The van der Waals surface area contributed by atoms with Crippen molar-refractivity contribution in [2.45, 2.75) is 58.0 Å². The van der Waals surface area contributed by atoms with E-state index in [1.54, 1.807) is 24.3 Å². The second-order valence-electron chi connectivity index (χ2n) is 11.5. The highest BCUT2D eigenvalue weighted by atomic mass is 32.2. The van der Waals surface area contributed by atoms with Crippen molar-refractivity contribution in [2.24, 2.45) is 0 Å². The van der Waals surface area contributed by atoms with Crippen LogP contribution in [0.15, 0.2) is 102 Å². The number of nitrogens with one attached hydrogen (secondary N) is 1. The maximum atomic E-state index is 14.6. The molecule has 2 amide bonds. The zero-order chi connectivity index (χ0) is 33.3. The first-order valence-corrected chi connectivity index (χ1v) is 16.9. The van der Waals surface area contributed by atoms with Gasteiger partial charge < -0.3 is 15.0 Å². The van der Waals surface area contributed by atoms with Crippen LogP contribution in [0.4, 0.5) is 5.69 Å². The van der Waals surface area contributed by atoms with E-state index in [1.807, 2.05) is 88.4 Å². The quantitative estimate of drug-likeness (QED) is 0.183.